The van der Waals surface area contributed by atoms with Gasteiger partial charge in [0.15, 0.2) is 0 Å². The lowest BCUT2D eigenvalue weighted by atomic mass is 11.1. The van der Waals surface area contributed by atoms with Gasteiger partial charge in [0.1, 0.15) is 16.1 Å². The summed E-state index contributed by atoms with van der Waals surface area (Å²) in [5.41, 5.74) is 0. The molecule has 1 aromatic heterocycles. The monoisotopic (exact) mass is 160 g/mol. The van der Waals surface area contributed by atoms with Gasteiger partial charge in [0.2, 0.25) is 5.16 Å². The number of rotatable bonds is 1. The van der Waals surface area contributed by atoms with E-state index in [9.17, 15) is 4.21 Å². The Labute approximate surface area is 59.1 Å². The summed E-state index contributed by atoms with van der Waals surface area (Å²) in [6.45, 7) is 0. The molecule has 5 nitrogen and oxygen atoms in total. The van der Waals surface area contributed by atoms with Crippen molar-refractivity contribution in [2.24, 2.45) is 7.05 Å². The van der Waals surface area contributed by atoms with Crippen LogP contribution in [-0.4, -0.2) is 25.2 Å². The highest BCUT2D eigenvalue weighted by Gasteiger charge is 2.08. The van der Waals surface area contributed by atoms with E-state index in [2.05, 4.69) is 10.2 Å². The minimum Gasteiger partial charge on any atom is -0.309 e. The lowest BCUT2D eigenvalue weighted by molar-refractivity contribution is 0.659. The van der Waals surface area contributed by atoms with Crippen molar-refractivity contribution in [3.05, 3.63) is 6.33 Å². The van der Waals surface area contributed by atoms with Gasteiger partial charge >= 0.3 is 0 Å². The maximum atomic E-state index is 11.0. The second-order valence-electron chi connectivity index (χ2n) is 2.07. The van der Waals surface area contributed by atoms with Crippen LogP contribution in [0.4, 0.5) is 0 Å². The molecule has 10 heavy (non-hydrogen) atoms. The Kier molecular flexibility index (Phi) is 1.47. The fraction of sp³-hybridized carbons (Fsp3) is 0.500. The summed E-state index contributed by atoms with van der Waals surface area (Å²) in [5, 5.41) is 7.25. The molecule has 0 radical (unpaired) electrons. The molecular formula is C4H8N4OS. The molecule has 0 bridgehead atoms. The van der Waals surface area contributed by atoms with Crippen molar-refractivity contribution in [1.29, 1.82) is 4.78 Å². The Morgan fingerprint density at radius 1 is 1.80 bits per heavy atom. The highest BCUT2D eigenvalue weighted by molar-refractivity contribution is 7.91. The van der Waals surface area contributed by atoms with Crippen LogP contribution in [0.15, 0.2) is 11.5 Å². The van der Waals surface area contributed by atoms with Crippen molar-refractivity contribution in [3.8, 4) is 0 Å². The van der Waals surface area contributed by atoms with Crippen LogP contribution in [0.25, 0.3) is 0 Å². The maximum absolute atomic E-state index is 11.0. The molecule has 0 aliphatic carbocycles. The van der Waals surface area contributed by atoms with Gasteiger partial charge in [-0.15, -0.1) is 10.2 Å². The molecule has 0 amide bonds. The normalized spacial score (nSPS) is 16.6. The SMILES string of the molecule is Cn1cnnc1[S@@](C)(=N)=O. The smallest absolute Gasteiger partial charge is 0.229 e. The Hall–Kier alpha value is -0.910. The van der Waals surface area contributed by atoms with Crippen molar-refractivity contribution in [3.63, 3.8) is 0 Å². The third-order valence-electron chi connectivity index (χ3n) is 1.02. The van der Waals surface area contributed by atoms with Gasteiger partial charge in [-0.05, 0) is 0 Å². The molecule has 1 rings (SSSR count). The molecule has 56 valence electrons. The maximum Gasteiger partial charge on any atom is 0.229 e. The van der Waals surface area contributed by atoms with Crippen LogP contribution < -0.4 is 0 Å². The Morgan fingerprint density at radius 2 is 2.40 bits per heavy atom. The summed E-state index contributed by atoms with van der Waals surface area (Å²) in [4.78, 5) is 0. The summed E-state index contributed by atoms with van der Waals surface area (Å²) < 4.78 is 19.6. The zero-order valence-corrected chi connectivity index (χ0v) is 6.55. The average Bonchev–Trinajstić information content (AvgIpc) is 2.11. The molecule has 1 N–H and O–H groups in total. The number of aryl methyl sites for hydroxylation is 1. The van der Waals surface area contributed by atoms with E-state index in [0.29, 0.717) is 0 Å². The van der Waals surface area contributed by atoms with Gasteiger partial charge in [-0.3, -0.25) is 0 Å². The first-order valence-corrected chi connectivity index (χ1v) is 4.56. The summed E-state index contributed by atoms with van der Waals surface area (Å²) >= 11 is 0. The van der Waals surface area contributed by atoms with Crippen LogP contribution in [0.3, 0.4) is 0 Å². The molecule has 0 fully saturated rings. The Morgan fingerprint density at radius 3 is 2.60 bits per heavy atom. The van der Waals surface area contributed by atoms with E-state index in [1.54, 1.807) is 7.05 Å². The van der Waals surface area contributed by atoms with Gasteiger partial charge < -0.3 is 4.57 Å². The van der Waals surface area contributed by atoms with E-state index in [0.717, 1.165) is 0 Å². The summed E-state index contributed by atoms with van der Waals surface area (Å²) in [6, 6.07) is 0. The largest absolute Gasteiger partial charge is 0.309 e. The first-order valence-electron chi connectivity index (χ1n) is 2.59. The van der Waals surface area contributed by atoms with E-state index in [4.69, 9.17) is 4.78 Å². The van der Waals surface area contributed by atoms with Gasteiger partial charge in [0.25, 0.3) is 0 Å². The molecule has 0 saturated heterocycles. The molecule has 1 heterocycles. The van der Waals surface area contributed by atoms with Crippen molar-refractivity contribution in [2.75, 3.05) is 6.26 Å². The molecule has 0 aliphatic rings. The zero-order valence-electron chi connectivity index (χ0n) is 5.74. The number of hydrogen-bond donors (Lipinski definition) is 1. The first kappa shape index (κ1) is 7.20. The average molecular weight is 160 g/mol. The standard InChI is InChI=1S/C4H8N4OS/c1-8-3-6-7-4(8)10(2,5)9/h3,5H,1-2H3/t10-/m0/s1. The predicted molar refractivity (Wildman–Crippen MR) is 36.1 cm³/mol. The van der Waals surface area contributed by atoms with Gasteiger partial charge in [0.05, 0.1) is 0 Å². The lowest BCUT2D eigenvalue weighted by Gasteiger charge is -1.96. The van der Waals surface area contributed by atoms with Crippen LogP contribution in [0.5, 0.6) is 0 Å². The minimum absolute atomic E-state index is 0.215. The van der Waals surface area contributed by atoms with E-state index in [-0.39, 0.29) is 5.16 Å². The summed E-state index contributed by atoms with van der Waals surface area (Å²) in [7, 11) is -1.04. The molecule has 0 spiro atoms. The van der Waals surface area contributed by atoms with Crippen LogP contribution in [0.1, 0.15) is 0 Å². The van der Waals surface area contributed by atoms with E-state index >= 15 is 0 Å². The number of nitrogens with zero attached hydrogens (tertiary/aromatic N) is 3. The molecule has 0 aliphatic heterocycles. The molecule has 6 heteroatoms. The molecule has 1 atom stereocenters. The third-order valence-corrected chi connectivity index (χ3v) is 2.08. The number of nitrogens with one attached hydrogen (secondary N) is 1. The summed E-state index contributed by atoms with van der Waals surface area (Å²) in [6.07, 6.45) is 2.74. The summed E-state index contributed by atoms with van der Waals surface area (Å²) in [5.74, 6) is 0. The van der Waals surface area contributed by atoms with Gasteiger partial charge in [-0.1, -0.05) is 0 Å². The van der Waals surface area contributed by atoms with Crippen LogP contribution in [0.2, 0.25) is 0 Å². The Balaban J connectivity index is 3.32. The van der Waals surface area contributed by atoms with Crippen LogP contribution in [0, 0.1) is 4.78 Å². The second-order valence-corrected chi connectivity index (χ2v) is 4.12. The fourth-order valence-corrected chi connectivity index (χ4v) is 1.42. The number of hydrogen-bond acceptors (Lipinski definition) is 4. The molecule has 0 saturated carbocycles. The van der Waals surface area contributed by atoms with E-state index < -0.39 is 9.73 Å². The van der Waals surface area contributed by atoms with Gasteiger partial charge in [-0.2, -0.15) is 0 Å². The fourth-order valence-electron chi connectivity index (χ4n) is 0.625. The first-order chi connectivity index (χ1) is 4.52. The number of aromatic nitrogens is 3. The van der Waals surface area contributed by atoms with Crippen molar-refractivity contribution in [2.45, 2.75) is 5.16 Å². The highest BCUT2D eigenvalue weighted by atomic mass is 32.2. The molecule has 0 aromatic carbocycles. The van der Waals surface area contributed by atoms with E-state index in [1.165, 1.54) is 17.2 Å². The zero-order chi connectivity index (χ0) is 7.78. The van der Waals surface area contributed by atoms with E-state index in [1.807, 2.05) is 0 Å². The van der Waals surface area contributed by atoms with Crippen LogP contribution >= 0.6 is 0 Å². The van der Waals surface area contributed by atoms with Crippen molar-refractivity contribution < 1.29 is 4.21 Å². The molecular weight excluding hydrogens is 152 g/mol. The van der Waals surface area contributed by atoms with Crippen LogP contribution in [-0.2, 0) is 16.8 Å². The third kappa shape index (κ3) is 1.15. The second kappa shape index (κ2) is 2.05. The Bertz CT molecular complexity index is 325. The molecule has 1 aromatic rings. The van der Waals surface area contributed by atoms with Crippen molar-refractivity contribution in [1.82, 2.24) is 14.8 Å². The van der Waals surface area contributed by atoms with Crippen molar-refractivity contribution >= 4 is 9.73 Å². The molecule has 0 unspecified atom stereocenters. The predicted octanol–water partition coefficient (Wildman–Crippen LogP) is -0.149. The lowest BCUT2D eigenvalue weighted by Crippen LogP contribution is -2.03. The topological polar surface area (TPSA) is 71.6 Å². The van der Waals surface area contributed by atoms with Gasteiger partial charge in [0, 0.05) is 13.3 Å². The minimum atomic E-state index is -2.70. The highest BCUT2D eigenvalue weighted by Crippen LogP contribution is 2.01. The van der Waals surface area contributed by atoms with Gasteiger partial charge in [-0.25, -0.2) is 8.99 Å². The quantitative estimate of drug-likeness (QED) is 0.621.